The molecule has 2 fully saturated rings. The first-order chi connectivity index (χ1) is 14.7. The van der Waals surface area contributed by atoms with E-state index >= 15 is 0 Å². The van der Waals surface area contributed by atoms with E-state index < -0.39 is 0 Å². The molecule has 0 aliphatic carbocycles. The molecule has 2 saturated heterocycles. The van der Waals surface area contributed by atoms with Crippen LogP contribution in [-0.2, 0) is 9.53 Å². The van der Waals surface area contributed by atoms with Crippen LogP contribution in [0.25, 0.3) is 6.08 Å². The second-order valence-electron chi connectivity index (χ2n) is 8.01. The molecule has 1 aromatic rings. The van der Waals surface area contributed by atoms with Crippen molar-refractivity contribution in [2.75, 3.05) is 46.1 Å². The van der Waals surface area contributed by atoms with E-state index in [-0.39, 0.29) is 11.4 Å². The predicted octanol–water partition coefficient (Wildman–Crippen LogP) is 3.65. The second-order valence-corrected chi connectivity index (χ2v) is 8.01. The van der Waals surface area contributed by atoms with Crippen molar-refractivity contribution in [3.63, 3.8) is 0 Å². The van der Waals surface area contributed by atoms with Crippen molar-refractivity contribution in [2.24, 2.45) is 0 Å². The standard InChI is InChI=1S/C24H36N2O4/c1-3-29-21-10-8-20(18-22(21)30-4-2)9-11-23(27)25-19-24(12-16-28-17-13-24)26-14-6-5-7-15-26/h8-11,18H,3-7,12-17,19H2,1-2H3,(H,25,27)/b11-9+. The van der Waals surface area contributed by atoms with E-state index in [9.17, 15) is 4.79 Å². The maximum absolute atomic E-state index is 12.6. The van der Waals surface area contributed by atoms with Crippen molar-refractivity contribution in [1.82, 2.24) is 10.2 Å². The molecule has 0 bridgehead atoms. The molecule has 0 spiro atoms. The van der Waals surface area contributed by atoms with Gasteiger partial charge in [0, 0.05) is 31.4 Å². The van der Waals surface area contributed by atoms with Gasteiger partial charge in [-0.3, -0.25) is 9.69 Å². The highest BCUT2D eigenvalue weighted by Crippen LogP contribution is 2.31. The molecule has 0 saturated carbocycles. The number of benzene rings is 1. The molecule has 0 aromatic heterocycles. The third-order valence-corrected chi connectivity index (χ3v) is 6.04. The van der Waals surface area contributed by atoms with Gasteiger partial charge in [-0.25, -0.2) is 0 Å². The molecule has 2 aliphatic heterocycles. The van der Waals surface area contributed by atoms with Gasteiger partial charge in [0.15, 0.2) is 11.5 Å². The fraction of sp³-hybridized carbons (Fsp3) is 0.625. The second kappa shape index (κ2) is 11.4. The van der Waals surface area contributed by atoms with Crippen LogP contribution in [0.1, 0.15) is 51.5 Å². The van der Waals surface area contributed by atoms with Gasteiger partial charge in [-0.15, -0.1) is 0 Å². The van der Waals surface area contributed by atoms with Crippen molar-refractivity contribution < 1.29 is 19.0 Å². The average Bonchev–Trinajstić information content (AvgIpc) is 2.79. The molecule has 0 atom stereocenters. The number of nitrogens with zero attached hydrogens (tertiary/aromatic N) is 1. The van der Waals surface area contributed by atoms with Gasteiger partial charge in [-0.05, 0) is 76.4 Å². The molecule has 1 amide bonds. The molecule has 0 radical (unpaired) electrons. The minimum Gasteiger partial charge on any atom is -0.490 e. The summed E-state index contributed by atoms with van der Waals surface area (Å²) in [5.41, 5.74) is 0.942. The highest BCUT2D eigenvalue weighted by Gasteiger charge is 2.38. The summed E-state index contributed by atoms with van der Waals surface area (Å²) in [6.07, 6.45) is 9.19. The molecule has 166 valence electrons. The van der Waals surface area contributed by atoms with Gasteiger partial charge in [-0.2, -0.15) is 0 Å². The zero-order chi connectivity index (χ0) is 21.2. The third kappa shape index (κ3) is 5.99. The van der Waals surface area contributed by atoms with E-state index in [1.54, 1.807) is 6.08 Å². The zero-order valence-corrected chi connectivity index (χ0v) is 18.5. The van der Waals surface area contributed by atoms with Crippen molar-refractivity contribution in [2.45, 2.75) is 51.5 Å². The Morgan fingerprint density at radius 1 is 1.10 bits per heavy atom. The summed E-state index contributed by atoms with van der Waals surface area (Å²) in [6.45, 7) is 9.51. The van der Waals surface area contributed by atoms with Crippen LogP contribution in [0, 0.1) is 0 Å². The largest absolute Gasteiger partial charge is 0.490 e. The first kappa shape index (κ1) is 22.6. The van der Waals surface area contributed by atoms with E-state index in [0.29, 0.717) is 25.5 Å². The lowest BCUT2D eigenvalue weighted by Gasteiger charge is -2.48. The van der Waals surface area contributed by atoms with Crippen LogP contribution in [0.4, 0.5) is 0 Å². The molecule has 6 nitrogen and oxygen atoms in total. The fourth-order valence-electron chi connectivity index (χ4n) is 4.38. The molecule has 2 heterocycles. The van der Waals surface area contributed by atoms with E-state index in [1.807, 2.05) is 38.1 Å². The first-order valence-electron chi connectivity index (χ1n) is 11.4. The predicted molar refractivity (Wildman–Crippen MR) is 119 cm³/mol. The summed E-state index contributed by atoms with van der Waals surface area (Å²) >= 11 is 0. The fourth-order valence-corrected chi connectivity index (χ4v) is 4.38. The number of nitrogens with one attached hydrogen (secondary N) is 1. The normalized spacial score (nSPS) is 19.5. The lowest BCUT2D eigenvalue weighted by Crippen LogP contribution is -2.59. The van der Waals surface area contributed by atoms with Crippen molar-refractivity contribution >= 4 is 12.0 Å². The quantitative estimate of drug-likeness (QED) is 0.623. The van der Waals surface area contributed by atoms with Gasteiger partial charge in [0.25, 0.3) is 0 Å². The number of likely N-dealkylation sites (tertiary alicyclic amines) is 1. The SMILES string of the molecule is CCOc1ccc(/C=C/C(=O)NCC2(N3CCCCC3)CCOCC2)cc1OCC. The van der Waals surface area contributed by atoms with Gasteiger partial charge in [-0.1, -0.05) is 12.5 Å². The molecule has 1 aromatic carbocycles. The molecule has 3 rings (SSSR count). The highest BCUT2D eigenvalue weighted by molar-refractivity contribution is 5.91. The summed E-state index contributed by atoms with van der Waals surface area (Å²) < 4.78 is 16.9. The van der Waals surface area contributed by atoms with Crippen molar-refractivity contribution in [1.29, 1.82) is 0 Å². The van der Waals surface area contributed by atoms with Gasteiger partial charge >= 0.3 is 0 Å². The monoisotopic (exact) mass is 416 g/mol. The third-order valence-electron chi connectivity index (χ3n) is 6.04. The summed E-state index contributed by atoms with van der Waals surface area (Å²) in [7, 11) is 0. The van der Waals surface area contributed by atoms with Gasteiger partial charge in [0.1, 0.15) is 0 Å². The van der Waals surface area contributed by atoms with Crippen LogP contribution in [0.15, 0.2) is 24.3 Å². The van der Waals surface area contributed by atoms with Crippen LogP contribution in [0.2, 0.25) is 0 Å². The first-order valence-corrected chi connectivity index (χ1v) is 11.4. The maximum Gasteiger partial charge on any atom is 0.244 e. The van der Waals surface area contributed by atoms with Gasteiger partial charge in [0.2, 0.25) is 5.91 Å². The van der Waals surface area contributed by atoms with Crippen LogP contribution < -0.4 is 14.8 Å². The van der Waals surface area contributed by atoms with E-state index in [4.69, 9.17) is 14.2 Å². The highest BCUT2D eigenvalue weighted by atomic mass is 16.5. The van der Waals surface area contributed by atoms with Gasteiger partial charge in [0.05, 0.1) is 13.2 Å². The Kier molecular flexibility index (Phi) is 8.58. The summed E-state index contributed by atoms with van der Waals surface area (Å²) in [4.78, 5) is 15.1. The Balaban J connectivity index is 1.61. The number of amides is 1. The Labute approximate surface area is 180 Å². The minimum absolute atomic E-state index is 0.0312. The molecule has 6 heteroatoms. The number of hydrogen-bond donors (Lipinski definition) is 1. The van der Waals surface area contributed by atoms with Crippen LogP contribution in [0.3, 0.4) is 0 Å². The molecular weight excluding hydrogens is 380 g/mol. The smallest absolute Gasteiger partial charge is 0.244 e. The van der Waals surface area contributed by atoms with Gasteiger partial charge < -0.3 is 19.5 Å². The number of ether oxygens (including phenoxy) is 3. The number of piperidine rings is 1. The minimum atomic E-state index is -0.0651. The van der Waals surface area contributed by atoms with Crippen LogP contribution >= 0.6 is 0 Å². The Morgan fingerprint density at radius 2 is 1.80 bits per heavy atom. The summed E-state index contributed by atoms with van der Waals surface area (Å²) in [5.74, 6) is 1.36. The van der Waals surface area contributed by atoms with Crippen LogP contribution in [-0.4, -0.2) is 62.4 Å². The average molecular weight is 417 g/mol. The van der Waals surface area contributed by atoms with E-state index in [2.05, 4.69) is 10.2 Å². The molecule has 1 N–H and O–H groups in total. The molecular formula is C24H36N2O4. The maximum atomic E-state index is 12.6. The summed E-state index contributed by atoms with van der Waals surface area (Å²) in [6, 6.07) is 5.73. The van der Waals surface area contributed by atoms with Crippen LogP contribution in [0.5, 0.6) is 11.5 Å². The van der Waals surface area contributed by atoms with E-state index in [0.717, 1.165) is 50.5 Å². The lowest BCUT2D eigenvalue weighted by atomic mass is 9.86. The number of rotatable bonds is 9. The molecule has 30 heavy (non-hydrogen) atoms. The van der Waals surface area contributed by atoms with Crippen molar-refractivity contribution in [3.8, 4) is 11.5 Å². The molecule has 0 unspecified atom stereocenters. The number of hydrogen-bond acceptors (Lipinski definition) is 5. The summed E-state index contributed by atoms with van der Waals surface area (Å²) in [5, 5.41) is 3.15. The number of carbonyl (C=O) groups excluding carboxylic acids is 1. The lowest BCUT2D eigenvalue weighted by molar-refractivity contribution is -0.118. The van der Waals surface area contributed by atoms with E-state index in [1.165, 1.54) is 19.3 Å². The Morgan fingerprint density at radius 3 is 2.50 bits per heavy atom. The topological polar surface area (TPSA) is 60.0 Å². The molecule has 2 aliphatic rings. The number of carbonyl (C=O) groups is 1. The zero-order valence-electron chi connectivity index (χ0n) is 18.5. The van der Waals surface area contributed by atoms with Crippen molar-refractivity contribution in [3.05, 3.63) is 29.8 Å². The Hall–Kier alpha value is -2.05. The Bertz CT molecular complexity index is 707.